The molecule has 0 fully saturated rings. The minimum absolute atomic E-state index is 0.117. The van der Waals surface area contributed by atoms with Crippen molar-refractivity contribution in [3.63, 3.8) is 0 Å². The van der Waals surface area contributed by atoms with Crippen LogP contribution in [0.4, 0.5) is 11.4 Å². The van der Waals surface area contributed by atoms with E-state index in [1.807, 2.05) is 42.7 Å². The molecule has 1 heterocycles. The highest BCUT2D eigenvalue weighted by molar-refractivity contribution is 6.09. The Labute approximate surface area is 150 Å². The van der Waals surface area contributed by atoms with Crippen LogP contribution in [0.2, 0.25) is 0 Å². The van der Waals surface area contributed by atoms with Gasteiger partial charge in [-0.05, 0) is 31.5 Å². The van der Waals surface area contributed by atoms with E-state index in [9.17, 15) is 14.9 Å². The van der Waals surface area contributed by atoms with Gasteiger partial charge in [-0.2, -0.15) is 0 Å². The van der Waals surface area contributed by atoms with Gasteiger partial charge in [-0.1, -0.05) is 18.2 Å². The van der Waals surface area contributed by atoms with Crippen molar-refractivity contribution >= 4 is 28.2 Å². The summed E-state index contributed by atoms with van der Waals surface area (Å²) in [4.78, 5) is 23.5. The average Bonchev–Trinajstić information content (AvgIpc) is 2.94. The quantitative estimate of drug-likeness (QED) is 0.552. The van der Waals surface area contributed by atoms with E-state index in [4.69, 9.17) is 4.74 Å². The number of fused-ring (bicyclic) bond motifs is 1. The molecule has 7 nitrogen and oxygen atoms in total. The van der Waals surface area contributed by atoms with Gasteiger partial charge in [0.2, 0.25) is 0 Å². The van der Waals surface area contributed by atoms with Crippen LogP contribution in [0.15, 0.2) is 42.5 Å². The van der Waals surface area contributed by atoms with Gasteiger partial charge < -0.3 is 14.6 Å². The van der Waals surface area contributed by atoms with Crippen LogP contribution in [0.5, 0.6) is 5.75 Å². The number of aryl methyl sites for hydroxylation is 2. The van der Waals surface area contributed by atoms with Crippen molar-refractivity contribution in [2.45, 2.75) is 20.4 Å². The Kier molecular flexibility index (Phi) is 4.62. The second kappa shape index (κ2) is 6.87. The van der Waals surface area contributed by atoms with E-state index in [1.165, 1.54) is 25.3 Å². The first-order valence-electron chi connectivity index (χ1n) is 8.19. The SMILES string of the molecule is CCn1c(C(=O)Nc2cc([N+](=O)[O-])ccc2OC)c(C)c2ccccc21. The van der Waals surface area contributed by atoms with Crippen molar-refractivity contribution in [3.8, 4) is 5.75 Å². The summed E-state index contributed by atoms with van der Waals surface area (Å²) in [7, 11) is 1.45. The predicted octanol–water partition coefficient (Wildman–Crippen LogP) is 4.14. The minimum atomic E-state index is -0.511. The number of amides is 1. The highest BCUT2D eigenvalue weighted by Crippen LogP contribution is 2.31. The summed E-state index contributed by atoms with van der Waals surface area (Å²) in [5, 5.41) is 14.8. The van der Waals surface area contributed by atoms with Gasteiger partial charge in [-0.15, -0.1) is 0 Å². The van der Waals surface area contributed by atoms with Crippen LogP contribution in [-0.2, 0) is 6.54 Å². The fourth-order valence-corrected chi connectivity index (χ4v) is 3.19. The molecule has 0 bridgehead atoms. The molecule has 0 aliphatic heterocycles. The average molecular weight is 353 g/mol. The number of hydrogen-bond acceptors (Lipinski definition) is 4. The summed E-state index contributed by atoms with van der Waals surface area (Å²) in [6.07, 6.45) is 0. The molecule has 1 aromatic heterocycles. The molecule has 0 saturated heterocycles. The topological polar surface area (TPSA) is 86.4 Å². The second-order valence-corrected chi connectivity index (χ2v) is 5.83. The molecule has 26 heavy (non-hydrogen) atoms. The van der Waals surface area contributed by atoms with E-state index < -0.39 is 4.92 Å². The summed E-state index contributed by atoms with van der Waals surface area (Å²) in [5.74, 6) is 0.0279. The molecule has 7 heteroatoms. The molecular formula is C19H19N3O4. The minimum Gasteiger partial charge on any atom is -0.495 e. The molecule has 1 amide bonds. The number of para-hydroxylation sites is 1. The number of ether oxygens (including phenoxy) is 1. The molecule has 0 aliphatic rings. The molecule has 2 aromatic carbocycles. The number of rotatable bonds is 5. The number of carbonyl (C=O) groups excluding carboxylic acids is 1. The Hall–Kier alpha value is -3.35. The predicted molar refractivity (Wildman–Crippen MR) is 100.0 cm³/mol. The lowest BCUT2D eigenvalue weighted by molar-refractivity contribution is -0.384. The van der Waals surface area contributed by atoms with E-state index in [-0.39, 0.29) is 17.3 Å². The van der Waals surface area contributed by atoms with E-state index in [1.54, 1.807) is 0 Å². The lowest BCUT2D eigenvalue weighted by Gasteiger charge is -2.12. The number of nitro groups is 1. The molecule has 134 valence electrons. The van der Waals surface area contributed by atoms with E-state index >= 15 is 0 Å². The molecule has 0 aliphatic carbocycles. The highest BCUT2D eigenvalue weighted by Gasteiger charge is 2.21. The number of carbonyl (C=O) groups is 1. The zero-order chi connectivity index (χ0) is 18.8. The maximum atomic E-state index is 13.0. The number of hydrogen-bond donors (Lipinski definition) is 1. The van der Waals surface area contributed by atoms with Gasteiger partial charge in [0.25, 0.3) is 11.6 Å². The van der Waals surface area contributed by atoms with Crippen LogP contribution >= 0.6 is 0 Å². The van der Waals surface area contributed by atoms with Crippen LogP contribution < -0.4 is 10.1 Å². The fourth-order valence-electron chi connectivity index (χ4n) is 3.19. The molecule has 1 N–H and O–H groups in total. The summed E-state index contributed by atoms with van der Waals surface area (Å²) >= 11 is 0. The van der Waals surface area contributed by atoms with Crippen molar-refractivity contribution in [1.29, 1.82) is 0 Å². The zero-order valence-electron chi connectivity index (χ0n) is 14.8. The Balaban J connectivity index is 2.07. The monoisotopic (exact) mass is 353 g/mol. The number of non-ortho nitro benzene ring substituents is 1. The second-order valence-electron chi connectivity index (χ2n) is 5.83. The first-order chi connectivity index (χ1) is 12.5. The van der Waals surface area contributed by atoms with Crippen LogP contribution in [0, 0.1) is 17.0 Å². The molecule has 3 rings (SSSR count). The fraction of sp³-hybridized carbons (Fsp3) is 0.211. The van der Waals surface area contributed by atoms with Gasteiger partial charge in [-0.3, -0.25) is 14.9 Å². The van der Waals surface area contributed by atoms with Crippen LogP contribution in [-0.4, -0.2) is 22.5 Å². The van der Waals surface area contributed by atoms with Gasteiger partial charge in [0.1, 0.15) is 11.4 Å². The first-order valence-corrected chi connectivity index (χ1v) is 8.19. The van der Waals surface area contributed by atoms with Crippen molar-refractivity contribution in [3.05, 3.63) is 63.8 Å². The number of benzene rings is 2. The zero-order valence-corrected chi connectivity index (χ0v) is 14.8. The third kappa shape index (κ3) is 2.88. The number of anilines is 1. The molecule has 0 saturated carbocycles. The highest BCUT2D eigenvalue weighted by atomic mass is 16.6. The molecule has 0 radical (unpaired) electrons. The number of aromatic nitrogens is 1. The normalized spacial score (nSPS) is 10.7. The maximum Gasteiger partial charge on any atom is 0.272 e. The van der Waals surface area contributed by atoms with Gasteiger partial charge in [0, 0.05) is 29.6 Å². The molecular weight excluding hydrogens is 334 g/mol. The lowest BCUT2D eigenvalue weighted by Crippen LogP contribution is -2.18. The van der Waals surface area contributed by atoms with Crippen LogP contribution in [0.3, 0.4) is 0 Å². The van der Waals surface area contributed by atoms with Crippen LogP contribution in [0.1, 0.15) is 23.0 Å². The third-order valence-electron chi connectivity index (χ3n) is 4.40. The van der Waals surface area contributed by atoms with Crippen molar-refractivity contribution in [2.24, 2.45) is 0 Å². The Morgan fingerprint density at radius 1 is 1.27 bits per heavy atom. The van der Waals surface area contributed by atoms with Gasteiger partial charge in [0.15, 0.2) is 0 Å². The van der Waals surface area contributed by atoms with Gasteiger partial charge in [-0.25, -0.2) is 0 Å². The summed E-state index contributed by atoms with van der Waals surface area (Å²) < 4.78 is 7.15. The Morgan fingerprint density at radius 2 is 2.00 bits per heavy atom. The summed E-state index contributed by atoms with van der Waals surface area (Å²) in [6.45, 7) is 4.49. The molecule has 0 unspecified atom stereocenters. The largest absolute Gasteiger partial charge is 0.495 e. The number of nitro benzene ring substituents is 1. The van der Waals surface area contributed by atoms with Crippen molar-refractivity contribution < 1.29 is 14.5 Å². The molecule has 3 aromatic rings. The Bertz CT molecular complexity index is 1010. The smallest absolute Gasteiger partial charge is 0.272 e. The van der Waals surface area contributed by atoms with E-state index in [0.717, 1.165) is 16.5 Å². The third-order valence-corrected chi connectivity index (χ3v) is 4.40. The molecule has 0 atom stereocenters. The van der Waals surface area contributed by atoms with Crippen molar-refractivity contribution in [2.75, 3.05) is 12.4 Å². The van der Waals surface area contributed by atoms with E-state index in [2.05, 4.69) is 5.32 Å². The summed E-state index contributed by atoms with van der Waals surface area (Å²) in [5.41, 5.74) is 2.52. The van der Waals surface area contributed by atoms with Crippen molar-refractivity contribution in [1.82, 2.24) is 4.57 Å². The van der Waals surface area contributed by atoms with Crippen LogP contribution in [0.25, 0.3) is 10.9 Å². The lowest BCUT2D eigenvalue weighted by atomic mass is 10.1. The first kappa shape index (κ1) is 17.5. The number of nitrogens with one attached hydrogen (secondary N) is 1. The summed E-state index contributed by atoms with van der Waals surface area (Å²) in [6, 6.07) is 11.9. The van der Waals surface area contributed by atoms with Gasteiger partial charge >= 0.3 is 0 Å². The number of methoxy groups -OCH3 is 1. The van der Waals surface area contributed by atoms with Gasteiger partial charge in [0.05, 0.1) is 17.7 Å². The number of nitrogens with zero attached hydrogens (tertiary/aromatic N) is 2. The van der Waals surface area contributed by atoms with E-state index in [0.29, 0.717) is 18.0 Å². The standard InChI is InChI=1S/C19H19N3O4/c1-4-21-16-8-6-5-7-14(16)12(2)18(21)19(23)20-15-11-13(22(24)25)9-10-17(15)26-3/h5-11H,4H2,1-3H3,(H,20,23). The molecule has 0 spiro atoms. The maximum absolute atomic E-state index is 13.0. The Morgan fingerprint density at radius 3 is 2.65 bits per heavy atom.